The fraction of sp³-hybridized carbons (Fsp3) is 0.529. The van der Waals surface area contributed by atoms with Crippen LogP contribution in [-0.2, 0) is 6.54 Å². The Balaban J connectivity index is 1.46. The van der Waals surface area contributed by atoms with Crippen LogP contribution in [0.25, 0.3) is 10.9 Å². The van der Waals surface area contributed by atoms with E-state index in [4.69, 9.17) is 0 Å². The second-order valence-electron chi connectivity index (χ2n) is 5.95. The van der Waals surface area contributed by atoms with Gasteiger partial charge in [-0.2, -0.15) is 0 Å². The van der Waals surface area contributed by atoms with Crippen molar-refractivity contribution < 1.29 is 0 Å². The second-order valence-corrected chi connectivity index (χ2v) is 5.95. The van der Waals surface area contributed by atoms with Crippen LogP contribution in [0.1, 0.15) is 31.2 Å². The first kappa shape index (κ1) is 13.7. The molecule has 1 aromatic heterocycles. The summed E-state index contributed by atoms with van der Waals surface area (Å²) >= 11 is 0. The van der Waals surface area contributed by atoms with Gasteiger partial charge in [-0.05, 0) is 37.6 Å². The molecule has 1 fully saturated rings. The maximum absolute atomic E-state index is 3.58. The molecule has 0 unspecified atom stereocenters. The molecule has 1 aliphatic carbocycles. The molecule has 1 heterocycles. The molecule has 0 atom stereocenters. The first-order valence-corrected chi connectivity index (χ1v) is 7.80. The number of aromatic nitrogens is 1. The molecule has 0 saturated heterocycles. The van der Waals surface area contributed by atoms with Crippen molar-refractivity contribution in [3.05, 3.63) is 36.0 Å². The van der Waals surface area contributed by atoms with Crippen LogP contribution in [0.2, 0.25) is 0 Å². The van der Waals surface area contributed by atoms with Crippen LogP contribution in [0.15, 0.2) is 30.5 Å². The Bertz CT molecular complexity index is 540. The van der Waals surface area contributed by atoms with Gasteiger partial charge in [-0.25, -0.2) is 0 Å². The van der Waals surface area contributed by atoms with Crippen molar-refractivity contribution in [2.24, 2.45) is 0 Å². The van der Waals surface area contributed by atoms with E-state index in [1.165, 1.54) is 42.1 Å². The van der Waals surface area contributed by atoms with Crippen LogP contribution in [0.5, 0.6) is 0 Å². The van der Waals surface area contributed by atoms with Gasteiger partial charge in [0, 0.05) is 42.8 Å². The molecule has 108 valence electrons. The van der Waals surface area contributed by atoms with Crippen LogP contribution < -0.4 is 5.32 Å². The number of hydrogen-bond acceptors (Lipinski definition) is 2. The lowest BCUT2D eigenvalue weighted by molar-refractivity contribution is 0.245. The van der Waals surface area contributed by atoms with Gasteiger partial charge in [0.2, 0.25) is 0 Å². The van der Waals surface area contributed by atoms with Crippen LogP contribution in [-0.4, -0.2) is 36.1 Å². The monoisotopic (exact) mass is 271 g/mol. The summed E-state index contributed by atoms with van der Waals surface area (Å²) in [5.74, 6) is 0. The highest BCUT2D eigenvalue weighted by Gasteiger charge is 2.18. The van der Waals surface area contributed by atoms with E-state index in [0.717, 1.165) is 25.7 Å². The molecule has 1 saturated carbocycles. The zero-order valence-electron chi connectivity index (χ0n) is 12.4. The molecule has 20 heavy (non-hydrogen) atoms. The highest BCUT2D eigenvalue weighted by atomic mass is 15.1. The van der Waals surface area contributed by atoms with Gasteiger partial charge >= 0.3 is 0 Å². The summed E-state index contributed by atoms with van der Waals surface area (Å²) < 4.78 is 0. The molecule has 0 spiro atoms. The Morgan fingerprint density at radius 1 is 1.25 bits per heavy atom. The molecule has 0 amide bonds. The van der Waals surface area contributed by atoms with E-state index in [-0.39, 0.29) is 0 Å². The van der Waals surface area contributed by atoms with Crippen molar-refractivity contribution in [2.75, 3.05) is 20.1 Å². The van der Waals surface area contributed by atoms with Crippen molar-refractivity contribution in [1.29, 1.82) is 0 Å². The van der Waals surface area contributed by atoms with Crippen molar-refractivity contribution in [2.45, 2.75) is 38.3 Å². The number of benzene rings is 1. The van der Waals surface area contributed by atoms with E-state index in [2.05, 4.69) is 46.5 Å². The minimum absolute atomic E-state index is 0.824. The predicted molar refractivity (Wildman–Crippen MR) is 84.9 cm³/mol. The second kappa shape index (κ2) is 6.42. The van der Waals surface area contributed by atoms with Crippen molar-refractivity contribution in [3.63, 3.8) is 0 Å². The Hall–Kier alpha value is -1.32. The first-order valence-electron chi connectivity index (χ1n) is 7.80. The third kappa shape index (κ3) is 3.05. The summed E-state index contributed by atoms with van der Waals surface area (Å²) in [4.78, 5) is 5.79. The Morgan fingerprint density at radius 3 is 2.95 bits per heavy atom. The van der Waals surface area contributed by atoms with E-state index in [1.807, 2.05) is 6.20 Å². The number of likely N-dealkylation sites (N-methyl/N-ethyl adjacent to an activating group) is 1. The molecule has 1 aromatic carbocycles. The molecular formula is C17H25N3. The largest absolute Gasteiger partial charge is 0.361 e. The van der Waals surface area contributed by atoms with Crippen molar-refractivity contribution >= 4 is 10.9 Å². The van der Waals surface area contributed by atoms with Gasteiger partial charge in [0.1, 0.15) is 0 Å². The number of aromatic amines is 1. The first-order chi connectivity index (χ1) is 9.84. The minimum Gasteiger partial charge on any atom is -0.361 e. The van der Waals surface area contributed by atoms with Gasteiger partial charge in [0.25, 0.3) is 0 Å². The highest BCUT2D eigenvalue weighted by molar-refractivity contribution is 5.82. The van der Waals surface area contributed by atoms with E-state index in [0.29, 0.717) is 0 Å². The highest BCUT2D eigenvalue weighted by Crippen LogP contribution is 2.22. The van der Waals surface area contributed by atoms with E-state index in [9.17, 15) is 0 Å². The maximum atomic E-state index is 3.58. The summed E-state index contributed by atoms with van der Waals surface area (Å²) in [6.45, 7) is 3.16. The Morgan fingerprint density at radius 2 is 2.10 bits per heavy atom. The molecular weight excluding hydrogens is 246 g/mol. The number of hydrogen-bond donors (Lipinski definition) is 2. The molecule has 2 aromatic rings. The summed E-state index contributed by atoms with van der Waals surface area (Å²) in [5, 5.41) is 4.92. The van der Waals surface area contributed by atoms with E-state index >= 15 is 0 Å². The molecule has 0 radical (unpaired) electrons. The summed E-state index contributed by atoms with van der Waals surface area (Å²) in [6.07, 6.45) is 7.62. The zero-order chi connectivity index (χ0) is 13.8. The van der Waals surface area contributed by atoms with Gasteiger partial charge in [0.05, 0.1) is 0 Å². The normalized spacial score (nSPS) is 16.5. The summed E-state index contributed by atoms with van der Waals surface area (Å²) in [6, 6.07) is 9.46. The molecule has 3 rings (SSSR count). The fourth-order valence-corrected chi connectivity index (χ4v) is 3.31. The van der Waals surface area contributed by atoms with Crippen LogP contribution in [0.3, 0.4) is 0 Å². The van der Waals surface area contributed by atoms with Gasteiger partial charge in [-0.3, -0.25) is 0 Å². The number of nitrogens with one attached hydrogen (secondary N) is 2. The lowest BCUT2D eigenvalue weighted by Gasteiger charge is -2.24. The summed E-state index contributed by atoms with van der Waals surface area (Å²) in [7, 11) is 2.27. The van der Waals surface area contributed by atoms with E-state index in [1.54, 1.807) is 0 Å². The Kier molecular flexibility index (Phi) is 4.38. The summed E-state index contributed by atoms with van der Waals surface area (Å²) in [5.41, 5.74) is 2.61. The molecule has 0 bridgehead atoms. The van der Waals surface area contributed by atoms with Gasteiger partial charge in [0.15, 0.2) is 0 Å². The third-order valence-electron chi connectivity index (χ3n) is 4.59. The number of fused-ring (bicyclic) bond motifs is 1. The smallest absolute Gasteiger partial charge is 0.0457 e. The van der Waals surface area contributed by atoms with Crippen LogP contribution >= 0.6 is 0 Å². The molecule has 3 nitrogen and oxygen atoms in total. The lowest BCUT2D eigenvalue weighted by atomic mass is 10.1. The van der Waals surface area contributed by atoms with Crippen LogP contribution in [0.4, 0.5) is 0 Å². The standard InChI is InChI=1S/C17H25N3/c1-20(15-6-2-3-7-15)12-11-18-13-14-5-4-8-17-16(14)9-10-19-17/h4-5,8-10,15,18-19H,2-3,6-7,11-13H2,1H3. The SMILES string of the molecule is CN(CCNCc1cccc2[nH]ccc12)C1CCCC1. The molecule has 3 heteroatoms. The zero-order valence-corrected chi connectivity index (χ0v) is 12.4. The predicted octanol–water partition coefficient (Wildman–Crippen LogP) is 3.13. The maximum Gasteiger partial charge on any atom is 0.0457 e. The van der Waals surface area contributed by atoms with Crippen LogP contribution in [0, 0.1) is 0 Å². The van der Waals surface area contributed by atoms with Gasteiger partial charge in [-0.1, -0.05) is 25.0 Å². The van der Waals surface area contributed by atoms with Gasteiger partial charge < -0.3 is 15.2 Å². The van der Waals surface area contributed by atoms with Crippen molar-refractivity contribution in [3.8, 4) is 0 Å². The fourth-order valence-electron chi connectivity index (χ4n) is 3.31. The number of H-pyrrole nitrogens is 1. The number of rotatable bonds is 6. The van der Waals surface area contributed by atoms with Crippen molar-refractivity contribution in [1.82, 2.24) is 15.2 Å². The topological polar surface area (TPSA) is 31.1 Å². The quantitative estimate of drug-likeness (QED) is 0.791. The lowest BCUT2D eigenvalue weighted by Crippen LogP contribution is -2.35. The molecule has 1 aliphatic rings. The minimum atomic E-state index is 0.824. The third-order valence-corrected chi connectivity index (χ3v) is 4.59. The van der Waals surface area contributed by atoms with E-state index < -0.39 is 0 Å². The number of nitrogens with zero attached hydrogens (tertiary/aromatic N) is 1. The molecule has 0 aliphatic heterocycles. The molecule has 2 N–H and O–H groups in total. The van der Waals surface area contributed by atoms with Gasteiger partial charge in [-0.15, -0.1) is 0 Å². The average Bonchev–Trinajstić information content (AvgIpc) is 3.13. The average molecular weight is 271 g/mol. The Labute approximate surface area is 121 Å².